The lowest BCUT2D eigenvalue weighted by atomic mass is 9.88. The average Bonchev–Trinajstić information content (AvgIpc) is 2.68. The minimum atomic E-state index is -0.123. The summed E-state index contributed by atoms with van der Waals surface area (Å²) in [7, 11) is 0. The predicted molar refractivity (Wildman–Crippen MR) is 118 cm³/mol. The minimum Gasteiger partial charge on any atom is -0.466 e. The van der Waals surface area contributed by atoms with Gasteiger partial charge in [-0.2, -0.15) is 0 Å². The van der Waals surface area contributed by atoms with Gasteiger partial charge in [0.25, 0.3) is 0 Å². The summed E-state index contributed by atoms with van der Waals surface area (Å²) in [6, 6.07) is 15.7. The Bertz CT molecular complexity index is 883. The molecule has 0 saturated heterocycles. The zero-order valence-electron chi connectivity index (χ0n) is 15.4. The Kier molecular flexibility index (Phi) is 7.79. The number of carbonyl (C=O) groups excluding carboxylic acids is 2. The average molecular weight is 475 g/mol. The van der Waals surface area contributed by atoms with Gasteiger partial charge in [-0.25, -0.2) is 0 Å². The number of rotatable bonds is 3. The van der Waals surface area contributed by atoms with E-state index in [1.165, 1.54) is 0 Å². The molecule has 0 fully saturated rings. The van der Waals surface area contributed by atoms with E-state index in [1.807, 2.05) is 54.6 Å². The number of ether oxygens (including phenoxy) is 1. The van der Waals surface area contributed by atoms with Gasteiger partial charge < -0.3 is 10.5 Å². The molecule has 0 bridgehead atoms. The summed E-state index contributed by atoms with van der Waals surface area (Å²) in [6.45, 7) is 4.07. The van der Waals surface area contributed by atoms with E-state index in [4.69, 9.17) is 5.73 Å². The van der Waals surface area contributed by atoms with E-state index in [0.717, 1.165) is 20.3 Å². The molecule has 1 aliphatic carbocycles. The highest BCUT2D eigenvalue weighted by Crippen LogP contribution is 2.31. The Morgan fingerprint density at radius 1 is 1.04 bits per heavy atom. The topological polar surface area (TPSA) is 69.4 Å². The molecule has 0 spiro atoms. The van der Waals surface area contributed by atoms with Crippen LogP contribution in [0.3, 0.4) is 0 Å². The van der Waals surface area contributed by atoms with Gasteiger partial charge in [0.1, 0.15) is 0 Å². The van der Waals surface area contributed by atoms with Crippen LogP contribution >= 0.6 is 22.6 Å². The monoisotopic (exact) mass is 475 g/mol. The van der Waals surface area contributed by atoms with Crippen LogP contribution in [0.4, 0.5) is 0 Å². The second-order valence-electron chi connectivity index (χ2n) is 5.74. The summed E-state index contributed by atoms with van der Waals surface area (Å²) in [5, 5.41) is 0. The van der Waals surface area contributed by atoms with Crippen molar-refractivity contribution in [3.63, 3.8) is 0 Å². The Hall–Kier alpha value is -2.41. The molecule has 0 atom stereocenters. The van der Waals surface area contributed by atoms with Gasteiger partial charge in [0.15, 0.2) is 5.78 Å². The lowest BCUT2D eigenvalue weighted by Crippen LogP contribution is -2.11. The first-order valence-corrected chi connectivity index (χ1v) is 9.78. The molecule has 27 heavy (non-hydrogen) atoms. The second-order valence-corrected chi connectivity index (χ2v) is 6.98. The number of ketones is 1. The molecule has 140 valence electrons. The van der Waals surface area contributed by atoms with Crippen molar-refractivity contribution >= 4 is 51.7 Å². The van der Waals surface area contributed by atoms with E-state index in [9.17, 15) is 9.59 Å². The fraction of sp³-hybridized carbons (Fsp3) is 0.182. The Balaban J connectivity index is 0.000000321. The van der Waals surface area contributed by atoms with Crippen LogP contribution in [-0.4, -0.2) is 18.4 Å². The van der Waals surface area contributed by atoms with Gasteiger partial charge in [-0.3, -0.25) is 9.59 Å². The zero-order chi connectivity index (χ0) is 19.8. The smallest absolute Gasteiger partial charge is 0.305 e. The van der Waals surface area contributed by atoms with Crippen molar-refractivity contribution in [1.29, 1.82) is 0 Å². The third-order valence-corrected chi connectivity index (χ3v) is 4.63. The highest BCUT2D eigenvalue weighted by atomic mass is 127. The Morgan fingerprint density at radius 3 is 2.30 bits per heavy atom. The van der Waals surface area contributed by atoms with Gasteiger partial charge in [0, 0.05) is 9.99 Å². The highest BCUT2D eigenvalue weighted by molar-refractivity contribution is 14.1. The van der Waals surface area contributed by atoms with Crippen LogP contribution in [0.5, 0.6) is 0 Å². The number of carbonyl (C=O) groups is 2. The van der Waals surface area contributed by atoms with Crippen LogP contribution < -0.4 is 5.73 Å². The van der Waals surface area contributed by atoms with E-state index < -0.39 is 0 Å². The predicted octanol–water partition coefficient (Wildman–Crippen LogP) is 4.67. The quantitative estimate of drug-likeness (QED) is 0.398. The molecule has 5 heteroatoms. The maximum Gasteiger partial charge on any atom is 0.305 e. The van der Waals surface area contributed by atoms with Crippen LogP contribution in [0.15, 0.2) is 54.6 Å². The summed E-state index contributed by atoms with van der Waals surface area (Å²) in [6.07, 6.45) is 3.90. The van der Waals surface area contributed by atoms with Gasteiger partial charge in [-0.1, -0.05) is 49.4 Å². The largest absolute Gasteiger partial charge is 0.466 e. The van der Waals surface area contributed by atoms with Gasteiger partial charge in [0.2, 0.25) is 0 Å². The van der Waals surface area contributed by atoms with Crippen molar-refractivity contribution in [1.82, 2.24) is 0 Å². The molecule has 0 amide bonds. The van der Waals surface area contributed by atoms with Crippen molar-refractivity contribution in [3.05, 3.63) is 74.9 Å². The lowest BCUT2D eigenvalue weighted by Gasteiger charge is -2.16. The van der Waals surface area contributed by atoms with E-state index in [0.29, 0.717) is 24.3 Å². The minimum absolute atomic E-state index is 0.0419. The van der Waals surface area contributed by atoms with Crippen LogP contribution in [0.1, 0.15) is 37.0 Å². The molecule has 3 rings (SSSR count). The molecule has 2 aromatic rings. The van der Waals surface area contributed by atoms with Gasteiger partial charge in [0.05, 0.1) is 17.9 Å². The fourth-order valence-corrected chi connectivity index (χ4v) is 2.93. The number of allylic oxidation sites excluding steroid dienone is 2. The van der Waals surface area contributed by atoms with Crippen molar-refractivity contribution in [2.75, 3.05) is 6.61 Å². The first-order valence-electron chi connectivity index (χ1n) is 8.71. The summed E-state index contributed by atoms with van der Waals surface area (Å²) in [5.41, 5.74) is 10.2. The normalized spacial score (nSPS) is 14.0. The molecular weight excluding hydrogens is 453 g/mol. The van der Waals surface area contributed by atoms with Crippen LogP contribution in [0, 0.1) is 3.57 Å². The molecule has 0 aliphatic heterocycles. The number of benzene rings is 2. The number of esters is 1. The van der Waals surface area contributed by atoms with Crippen molar-refractivity contribution in [3.8, 4) is 0 Å². The molecule has 2 aromatic carbocycles. The van der Waals surface area contributed by atoms with Crippen LogP contribution in [0.25, 0.3) is 17.3 Å². The van der Waals surface area contributed by atoms with Gasteiger partial charge in [-0.15, -0.1) is 0 Å². The SMILES string of the molecule is CCOC(=O)CC.NC(=C1C(=O)C=Cc2ccccc21)c1ccc(I)cc1. The molecular formula is C22H22INO3. The maximum absolute atomic E-state index is 12.2. The third-order valence-electron chi connectivity index (χ3n) is 3.91. The molecule has 2 N–H and O–H groups in total. The molecule has 0 radical (unpaired) electrons. The summed E-state index contributed by atoms with van der Waals surface area (Å²) in [4.78, 5) is 22.4. The first kappa shape index (κ1) is 20.9. The first-order chi connectivity index (χ1) is 13.0. The third kappa shape index (κ3) is 5.53. The number of halogens is 1. The highest BCUT2D eigenvalue weighted by Gasteiger charge is 2.20. The fourth-order valence-electron chi connectivity index (χ4n) is 2.57. The number of fused-ring (bicyclic) bond motifs is 1. The van der Waals surface area contributed by atoms with E-state index in [1.54, 1.807) is 19.9 Å². The number of hydrogen-bond acceptors (Lipinski definition) is 4. The molecule has 0 heterocycles. The van der Waals surface area contributed by atoms with Crippen molar-refractivity contribution in [2.45, 2.75) is 20.3 Å². The molecule has 4 nitrogen and oxygen atoms in total. The summed E-state index contributed by atoms with van der Waals surface area (Å²) < 4.78 is 5.69. The molecule has 0 aromatic heterocycles. The van der Waals surface area contributed by atoms with Crippen molar-refractivity contribution < 1.29 is 14.3 Å². The Labute approximate surface area is 173 Å². The molecule has 0 saturated carbocycles. The van der Waals surface area contributed by atoms with Crippen molar-refractivity contribution in [2.24, 2.45) is 5.73 Å². The van der Waals surface area contributed by atoms with Gasteiger partial charge in [-0.05, 0) is 64.4 Å². The van der Waals surface area contributed by atoms with Gasteiger partial charge >= 0.3 is 5.97 Å². The number of nitrogens with two attached hydrogens (primary N) is 1. The molecule has 0 unspecified atom stereocenters. The summed E-state index contributed by atoms with van der Waals surface area (Å²) >= 11 is 2.24. The lowest BCUT2D eigenvalue weighted by molar-refractivity contribution is -0.142. The Morgan fingerprint density at radius 2 is 1.70 bits per heavy atom. The number of hydrogen-bond donors (Lipinski definition) is 1. The standard InChI is InChI=1S/C17H12INO.C5H10O2/c18-13-8-5-12(6-9-13)17(19)16-14-4-2-1-3-11(14)7-10-15(16)20;1-3-5(6)7-4-2/h1-10H,19H2;3-4H2,1-2H3. The zero-order valence-corrected chi connectivity index (χ0v) is 17.5. The van der Waals surface area contributed by atoms with E-state index in [-0.39, 0.29) is 11.8 Å². The molecule has 1 aliphatic rings. The van der Waals surface area contributed by atoms with E-state index >= 15 is 0 Å². The second kappa shape index (κ2) is 10.1. The maximum atomic E-state index is 12.2. The van der Waals surface area contributed by atoms with E-state index in [2.05, 4.69) is 27.3 Å². The van der Waals surface area contributed by atoms with Crippen LogP contribution in [-0.2, 0) is 14.3 Å². The van der Waals surface area contributed by atoms with Crippen LogP contribution in [0.2, 0.25) is 0 Å². The summed E-state index contributed by atoms with van der Waals surface area (Å²) in [5.74, 6) is -0.165.